The molecule has 0 radical (unpaired) electrons. The SMILES string of the molecule is CCC(N)Cc1ccc(N(CC)CC(CC)CC)c(F)c1. The Bertz CT molecular complexity index is 416. The fourth-order valence-electron chi connectivity index (χ4n) is 2.64. The molecule has 3 heteroatoms. The molecule has 0 saturated heterocycles. The summed E-state index contributed by atoms with van der Waals surface area (Å²) >= 11 is 0. The smallest absolute Gasteiger partial charge is 0.146 e. The summed E-state index contributed by atoms with van der Waals surface area (Å²) in [7, 11) is 0. The van der Waals surface area contributed by atoms with Crippen molar-refractivity contribution < 1.29 is 4.39 Å². The monoisotopic (exact) mass is 294 g/mol. The van der Waals surface area contributed by atoms with E-state index in [0.29, 0.717) is 5.92 Å². The summed E-state index contributed by atoms with van der Waals surface area (Å²) in [5.41, 5.74) is 7.66. The van der Waals surface area contributed by atoms with Gasteiger partial charge >= 0.3 is 0 Å². The molecule has 0 spiro atoms. The Labute approximate surface area is 129 Å². The Morgan fingerprint density at radius 3 is 2.24 bits per heavy atom. The molecule has 120 valence electrons. The van der Waals surface area contributed by atoms with Crippen molar-refractivity contribution >= 4 is 5.69 Å². The van der Waals surface area contributed by atoms with Crippen LogP contribution in [0, 0.1) is 11.7 Å². The Kier molecular flexibility index (Phi) is 7.73. The van der Waals surface area contributed by atoms with Gasteiger partial charge in [-0.1, -0.05) is 39.7 Å². The molecule has 0 fully saturated rings. The Morgan fingerprint density at radius 1 is 1.10 bits per heavy atom. The van der Waals surface area contributed by atoms with E-state index in [4.69, 9.17) is 5.73 Å². The van der Waals surface area contributed by atoms with Crippen LogP contribution >= 0.6 is 0 Å². The molecule has 21 heavy (non-hydrogen) atoms. The topological polar surface area (TPSA) is 29.3 Å². The van der Waals surface area contributed by atoms with E-state index >= 15 is 0 Å². The maximum Gasteiger partial charge on any atom is 0.146 e. The van der Waals surface area contributed by atoms with Gasteiger partial charge in [0, 0.05) is 19.1 Å². The number of nitrogens with zero attached hydrogens (tertiary/aromatic N) is 1. The van der Waals surface area contributed by atoms with E-state index in [-0.39, 0.29) is 11.9 Å². The van der Waals surface area contributed by atoms with Gasteiger partial charge in [-0.05, 0) is 43.4 Å². The second-order valence-electron chi connectivity index (χ2n) is 5.88. The van der Waals surface area contributed by atoms with Gasteiger partial charge in [0.1, 0.15) is 5.82 Å². The zero-order valence-corrected chi connectivity index (χ0v) is 14.0. The second kappa shape index (κ2) is 9.04. The quantitative estimate of drug-likeness (QED) is 0.733. The molecular formula is C18H31FN2. The molecule has 1 rings (SSSR count). The second-order valence-corrected chi connectivity index (χ2v) is 5.88. The first-order chi connectivity index (χ1) is 10.0. The van der Waals surface area contributed by atoms with Gasteiger partial charge in [0.25, 0.3) is 0 Å². The van der Waals surface area contributed by atoms with Crippen LogP contribution in [0.5, 0.6) is 0 Å². The predicted molar refractivity (Wildman–Crippen MR) is 90.3 cm³/mol. The lowest BCUT2D eigenvalue weighted by Gasteiger charge is -2.28. The highest BCUT2D eigenvalue weighted by atomic mass is 19.1. The van der Waals surface area contributed by atoms with Crippen molar-refractivity contribution in [2.45, 2.75) is 59.4 Å². The van der Waals surface area contributed by atoms with Gasteiger partial charge in [-0.25, -0.2) is 4.39 Å². The van der Waals surface area contributed by atoms with E-state index < -0.39 is 0 Å². The summed E-state index contributed by atoms with van der Waals surface area (Å²) in [4.78, 5) is 2.15. The van der Waals surface area contributed by atoms with Gasteiger partial charge in [0.05, 0.1) is 5.69 Å². The number of hydrogen-bond acceptors (Lipinski definition) is 2. The number of halogens is 1. The molecule has 0 aromatic heterocycles. The molecule has 0 aliphatic rings. The van der Waals surface area contributed by atoms with Gasteiger partial charge in [-0.3, -0.25) is 0 Å². The van der Waals surface area contributed by atoms with Crippen LogP contribution in [-0.4, -0.2) is 19.1 Å². The maximum atomic E-state index is 14.4. The maximum absolute atomic E-state index is 14.4. The van der Waals surface area contributed by atoms with Crippen molar-refractivity contribution in [2.75, 3.05) is 18.0 Å². The Hall–Kier alpha value is -1.09. The molecule has 0 bridgehead atoms. The fourth-order valence-corrected chi connectivity index (χ4v) is 2.64. The summed E-state index contributed by atoms with van der Waals surface area (Å²) in [5, 5.41) is 0. The summed E-state index contributed by atoms with van der Waals surface area (Å²) in [6, 6.07) is 5.70. The number of nitrogens with two attached hydrogens (primary N) is 1. The zero-order chi connectivity index (χ0) is 15.8. The minimum Gasteiger partial charge on any atom is -0.369 e. The largest absolute Gasteiger partial charge is 0.369 e. The third-order valence-electron chi connectivity index (χ3n) is 4.39. The van der Waals surface area contributed by atoms with Crippen LogP contribution in [0.1, 0.15) is 52.5 Å². The highest BCUT2D eigenvalue weighted by Crippen LogP contribution is 2.23. The highest BCUT2D eigenvalue weighted by molar-refractivity contribution is 5.49. The molecule has 1 aromatic rings. The first-order valence-electron chi connectivity index (χ1n) is 8.34. The molecule has 2 nitrogen and oxygen atoms in total. The third kappa shape index (κ3) is 5.31. The average molecular weight is 294 g/mol. The van der Waals surface area contributed by atoms with Gasteiger partial charge in [-0.15, -0.1) is 0 Å². The van der Waals surface area contributed by atoms with Crippen molar-refractivity contribution in [3.8, 4) is 0 Å². The van der Waals surface area contributed by atoms with Crippen LogP contribution < -0.4 is 10.6 Å². The van der Waals surface area contributed by atoms with Crippen LogP contribution in [0.15, 0.2) is 18.2 Å². The standard InChI is InChI=1S/C18H31FN2/c1-5-14(6-2)13-21(8-4)18-10-9-15(12-17(18)19)11-16(20)7-3/h9-10,12,14,16H,5-8,11,13,20H2,1-4H3. The van der Waals surface area contributed by atoms with E-state index in [9.17, 15) is 4.39 Å². The van der Waals surface area contributed by atoms with Gasteiger partial charge in [-0.2, -0.15) is 0 Å². The number of anilines is 1. The zero-order valence-electron chi connectivity index (χ0n) is 14.0. The van der Waals surface area contributed by atoms with Crippen molar-refractivity contribution in [1.82, 2.24) is 0 Å². The lowest BCUT2D eigenvalue weighted by atomic mass is 10.0. The van der Waals surface area contributed by atoms with Crippen molar-refractivity contribution in [3.05, 3.63) is 29.6 Å². The van der Waals surface area contributed by atoms with E-state index in [0.717, 1.165) is 50.0 Å². The highest BCUT2D eigenvalue weighted by Gasteiger charge is 2.15. The van der Waals surface area contributed by atoms with Crippen molar-refractivity contribution in [2.24, 2.45) is 11.7 Å². The number of benzene rings is 1. The fraction of sp³-hybridized carbons (Fsp3) is 0.667. The molecule has 1 atom stereocenters. The summed E-state index contributed by atoms with van der Waals surface area (Å²) in [6.45, 7) is 10.3. The molecule has 0 amide bonds. The Morgan fingerprint density at radius 2 is 1.76 bits per heavy atom. The molecular weight excluding hydrogens is 263 g/mol. The van der Waals surface area contributed by atoms with Crippen LogP contribution in [-0.2, 0) is 6.42 Å². The lowest BCUT2D eigenvalue weighted by molar-refractivity contribution is 0.481. The first kappa shape index (κ1) is 18.0. The minimum absolute atomic E-state index is 0.113. The summed E-state index contributed by atoms with van der Waals surface area (Å²) < 4.78 is 14.4. The number of rotatable bonds is 9. The molecule has 1 unspecified atom stereocenters. The normalized spacial score (nSPS) is 12.7. The third-order valence-corrected chi connectivity index (χ3v) is 4.39. The van der Waals surface area contributed by atoms with Crippen LogP contribution in [0.25, 0.3) is 0 Å². The molecule has 2 N–H and O–H groups in total. The molecule has 1 aromatic carbocycles. The van der Waals surface area contributed by atoms with Crippen molar-refractivity contribution in [1.29, 1.82) is 0 Å². The van der Waals surface area contributed by atoms with Gasteiger partial charge in [0.2, 0.25) is 0 Å². The minimum atomic E-state index is -0.122. The first-order valence-corrected chi connectivity index (χ1v) is 8.34. The number of hydrogen-bond donors (Lipinski definition) is 1. The van der Waals surface area contributed by atoms with Crippen molar-refractivity contribution in [3.63, 3.8) is 0 Å². The molecule has 0 saturated carbocycles. The van der Waals surface area contributed by atoms with E-state index in [1.165, 1.54) is 0 Å². The molecule has 0 aliphatic heterocycles. The van der Waals surface area contributed by atoms with Gasteiger partial charge in [0.15, 0.2) is 0 Å². The molecule has 0 aliphatic carbocycles. The Balaban J connectivity index is 2.85. The predicted octanol–water partition coefficient (Wildman–Crippen LogP) is 4.37. The summed E-state index contributed by atoms with van der Waals surface area (Å²) in [6.07, 6.45) is 3.93. The van der Waals surface area contributed by atoms with Gasteiger partial charge < -0.3 is 10.6 Å². The van der Waals surface area contributed by atoms with Crippen LogP contribution in [0.2, 0.25) is 0 Å². The van der Waals surface area contributed by atoms with Crippen LogP contribution in [0.4, 0.5) is 10.1 Å². The average Bonchev–Trinajstić information content (AvgIpc) is 2.49. The van der Waals surface area contributed by atoms with E-state index in [2.05, 4.69) is 32.6 Å². The van der Waals surface area contributed by atoms with E-state index in [1.807, 2.05) is 12.1 Å². The molecule has 0 heterocycles. The lowest BCUT2D eigenvalue weighted by Crippen LogP contribution is -2.29. The van der Waals surface area contributed by atoms with E-state index in [1.54, 1.807) is 6.07 Å². The van der Waals surface area contributed by atoms with Crippen LogP contribution in [0.3, 0.4) is 0 Å². The summed E-state index contributed by atoms with van der Waals surface area (Å²) in [5.74, 6) is 0.501.